The van der Waals surface area contributed by atoms with Crippen LogP contribution in [0.25, 0.3) is 0 Å². The van der Waals surface area contributed by atoms with Crippen molar-refractivity contribution in [2.75, 3.05) is 0 Å². The van der Waals surface area contributed by atoms with Gasteiger partial charge in [-0.25, -0.2) is 0 Å². The molecule has 0 radical (unpaired) electrons. The summed E-state index contributed by atoms with van der Waals surface area (Å²) in [7, 11) is 0. The molecule has 3 heteroatoms. The van der Waals surface area contributed by atoms with Crippen LogP contribution in [0.5, 0.6) is 0 Å². The Kier molecular flexibility index (Phi) is 5.64. The molecule has 1 fully saturated rings. The molecule has 0 saturated carbocycles. The van der Waals surface area contributed by atoms with E-state index in [2.05, 4.69) is 51.8 Å². The minimum Gasteiger partial charge on any atom is -0.323 e. The zero-order chi connectivity index (χ0) is 13.9. The smallest absolute Gasteiger partial charge is 0.241 e. The summed E-state index contributed by atoms with van der Waals surface area (Å²) < 4.78 is 0. The van der Waals surface area contributed by atoms with Crippen LogP contribution in [0.4, 0.5) is 0 Å². The lowest BCUT2D eigenvalue weighted by Crippen LogP contribution is -2.46. The lowest BCUT2D eigenvalue weighted by molar-refractivity contribution is -0.133. The molecule has 1 heterocycles. The van der Waals surface area contributed by atoms with Crippen molar-refractivity contribution in [2.24, 2.45) is 11.8 Å². The van der Waals surface area contributed by atoms with Crippen molar-refractivity contribution in [3.63, 3.8) is 0 Å². The maximum absolute atomic E-state index is 12.6. The van der Waals surface area contributed by atoms with Crippen molar-refractivity contribution >= 4 is 5.91 Å². The molecular formula is C15H30N2O. The van der Waals surface area contributed by atoms with Gasteiger partial charge in [0.2, 0.25) is 5.91 Å². The summed E-state index contributed by atoms with van der Waals surface area (Å²) in [5, 5.41) is 3.55. The Bertz CT molecular complexity index is 272. The number of carbonyl (C=O) groups is 1. The van der Waals surface area contributed by atoms with E-state index in [1.165, 1.54) is 0 Å². The molecule has 1 aliphatic rings. The van der Waals surface area contributed by atoms with Crippen molar-refractivity contribution in [3.8, 4) is 0 Å². The molecule has 1 rings (SSSR count). The summed E-state index contributed by atoms with van der Waals surface area (Å²) in [6.07, 6.45) is 3.24. The fourth-order valence-electron chi connectivity index (χ4n) is 2.92. The van der Waals surface area contributed by atoms with E-state index in [0.29, 0.717) is 23.8 Å². The summed E-state index contributed by atoms with van der Waals surface area (Å²) in [5.74, 6) is 1.34. The number of hydrogen-bond acceptors (Lipinski definition) is 2. The van der Waals surface area contributed by atoms with E-state index in [-0.39, 0.29) is 12.2 Å². The van der Waals surface area contributed by atoms with Gasteiger partial charge in [0.15, 0.2) is 0 Å². The summed E-state index contributed by atoms with van der Waals surface area (Å²) >= 11 is 0. The molecule has 1 amide bonds. The third kappa shape index (κ3) is 3.25. The molecule has 0 aromatic carbocycles. The van der Waals surface area contributed by atoms with Crippen LogP contribution in [0.15, 0.2) is 0 Å². The Balaban J connectivity index is 2.87. The summed E-state index contributed by atoms with van der Waals surface area (Å²) in [6, 6.07) is 0.410. The molecule has 3 nitrogen and oxygen atoms in total. The predicted molar refractivity (Wildman–Crippen MR) is 76.2 cm³/mol. The van der Waals surface area contributed by atoms with Gasteiger partial charge in [0, 0.05) is 6.04 Å². The molecule has 0 aromatic rings. The average Bonchev–Trinajstić information content (AvgIpc) is 2.59. The van der Waals surface area contributed by atoms with Crippen LogP contribution in [-0.4, -0.2) is 29.1 Å². The molecule has 0 aliphatic carbocycles. The maximum Gasteiger partial charge on any atom is 0.241 e. The first-order chi connectivity index (χ1) is 8.42. The monoisotopic (exact) mass is 254 g/mol. The molecule has 1 aliphatic heterocycles. The van der Waals surface area contributed by atoms with Gasteiger partial charge < -0.3 is 4.90 Å². The summed E-state index contributed by atoms with van der Waals surface area (Å²) in [5.41, 5.74) is 0. The van der Waals surface area contributed by atoms with E-state index in [9.17, 15) is 4.79 Å². The molecule has 1 N–H and O–H groups in total. The zero-order valence-electron chi connectivity index (χ0n) is 12.9. The SMILES string of the molecule is CCC(CC)N1C(=O)C(CC(C)C)NC1C(C)C. The van der Waals surface area contributed by atoms with Crippen LogP contribution in [-0.2, 0) is 4.79 Å². The highest BCUT2D eigenvalue weighted by Gasteiger charge is 2.42. The second-order valence-electron chi connectivity index (χ2n) is 6.25. The van der Waals surface area contributed by atoms with Crippen molar-refractivity contribution in [1.29, 1.82) is 0 Å². The molecule has 18 heavy (non-hydrogen) atoms. The minimum atomic E-state index is 0.0259. The first kappa shape index (κ1) is 15.5. The van der Waals surface area contributed by atoms with Crippen LogP contribution in [0.2, 0.25) is 0 Å². The summed E-state index contributed by atoms with van der Waals surface area (Å²) in [6.45, 7) is 13.1. The average molecular weight is 254 g/mol. The Labute approximate surface area is 112 Å². The van der Waals surface area contributed by atoms with Gasteiger partial charge in [-0.1, -0.05) is 41.5 Å². The third-order valence-electron chi connectivity index (χ3n) is 3.90. The number of nitrogens with one attached hydrogen (secondary N) is 1. The van der Waals surface area contributed by atoms with E-state index in [4.69, 9.17) is 0 Å². The molecule has 0 spiro atoms. The van der Waals surface area contributed by atoms with Gasteiger partial charge >= 0.3 is 0 Å². The molecule has 1 saturated heterocycles. The summed E-state index contributed by atoms with van der Waals surface area (Å²) in [4.78, 5) is 14.7. The Hall–Kier alpha value is -0.570. The van der Waals surface area contributed by atoms with Crippen LogP contribution in [0.3, 0.4) is 0 Å². The van der Waals surface area contributed by atoms with Gasteiger partial charge in [-0.2, -0.15) is 0 Å². The fourth-order valence-corrected chi connectivity index (χ4v) is 2.92. The largest absolute Gasteiger partial charge is 0.323 e. The minimum absolute atomic E-state index is 0.0259. The fraction of sp³-hybridized carbons (Fsp3) is 0.933. The third-order valence-corrected chi connectivity index (χ3v) is 3.90. The van der Waals surface area contributed by atoms with Crippen molar-refractivity contribution in [3.05, 3.63) is 0 Å². The van der Waals surface area contributed by atoms with Gasteiger partial charge in [-0.3, -0.25) is 10.1 Å². The zero-order valence-corrected chi connectivity index (χ0v) is 12.9. The van der Waals surface area contributed by atoms with Gasteiger partial charge in [0.05, 0.1) is 12.2 Å². The predicted octanol–water partition coefficient (Wildman–Crippen LogP) is 3.00. The van der Waals surface area contributed by atoms with Crippen molar-refractivity contribution < 1.29 is 4.79 Å². The van der Waals surface area contributed by atoms with E-state index in [1.54, 1.807) is 0 Å². The molecule has 0 bridgehead atoms. The van der Waals surface area contributed by atoms with E-state index in [0.717, 1.165) is 19.3 Å². The first-order valence-corrected chi connectivity index (χ1v) is 7.50. The molecule has 2 atom stereocenters. The van der Waals surface area contributed by atoms with Crippen LogP contribution < -0.4 is 5.32 Å². The number of hydrogen-bond donors (Lipinski definition) is 1. The maximum atomic E-state index is 12.6. The Morgan fingerprint density at radius 3 is 2.11 bits per heavy atom. The highest BCUT2D eigenvalue weighted by Crippen LogP contribution is 2.26. The van der Waals surface area contributed by atoms with E-state index < -0.39 is 0 Å². The normalized spacial score (nSPS) is 24.9. The van der Waals surface area contributed by atoms with Crippen molar-refractivity contribution in [2.45, 2.75) is 79.1 Å². The Morgan fingerprint density at radius 1 is 1.17 bits per heavy atom. The quantitative estimate of drug-likeness (QED) is 0.790. The molecule has 0 aromatic heterocycles. The van der Waals surface area contributed by atoms with Crippen LogP contribution in [0.1, 0.15) is 60.8 Å². The van der Waals surface area contributed by atoms with Crippen LogP contribution in [0, 0.1) is 11.8 Å². The number of rotatable bonds is 6. The second kappa shape index (κ2) is 6.55. The molecule has 106 valence electrons. The first-order valence-electron chi connectivity index (χ1n) is 7.50. The van der Waals surface area contributed by atoms with E-state index >= 15 is 0 Å². The Morgan fingerprint density at radius 2 is 1.72 bits per heavy atom. The lowest BCUT2D eigenvalue weighted by atomic mass is 10.0. The highest BCUT2D eigenvalue weighted by molar-refractivity contribution is 5.84. The number of nitrogens with zero attached hydrogens (tertiary/aromatic N) is 1. The van der Waals surface area contributed by atoms with Gasteiger partial charge in [0.1, 0.15) is 0 Å². The number of carbonyl (C=O) groups excluding carboxylic acids is 1. The topological polar surface area (TPSA) is 32.3 Å². The van der Waals surface area contributed by atoms with Crippen LogP contribution >= 0.6 is 0 Å². The molecular weight excluding hydrogens is 224 g/mol. The standard InChI is InChI=1S/C15H30N2O/c1-7-12(8-2)17-14(11(5)6)16-13(15(17)18)9-10(3)4/h10-14,16H,7-9H2,1-6H3. The van der Waals surface area contributed by atoms with Gasteiger partial charge in [-0.05, 0) is 31.1 Å². The highest BCUT2D eigenvalue weighted by atomic mass is 16.2. The number of amides is 1. The second-order valence-corrected chi connectivity index (χ2v) is 6.25. The van der Waals surface area contributed by atoms with Crippen molar-refractivity contribution in [1.82, 2.24) is 10.2 Å². The lowest BCUT2D eigenvalue weighted by Gasteiger charge is -2.33. The van der Waals surface area contributed by atoms with Gasteiger partial charge in [-0.15, -0.1) is 0 Å². The van der Waals surface area contributed by atoms with Gasteiger partial charge in [0.25, 0.3) is 0 Å². The molecule has 2 unspecified atom stereocenters. The van der Waals surface area contributed by atoms with E-state index in [1.807, 2.05) is 0 Å².